The van der Waals surface area contributed by atoms with E-state index >= 15 is 0 Å². The van der Waals surface area contributed by atoms with E-state index < -0.39 is 49.4 Å². The third kappa shape index (κ3) is 8.14. The molecular formula is C36H32N4O13S3. The number of amides is 1. The molecular weight excluding hydrogens is 793 g/mol. The van der Waals surface area contributed by atoms with Crippen LogP contribution in [0, 0.1) is 0 Å². The number of carbonyl (C=O) groups is 3. The summed E-state index contributed by atoms with van der Waals surface area (Å²) in [5.41, 5.74) is -0.454. The summed E-state index contributed by atoms with van der Waals surface area (Å²) in [7, 11) is -3.54. The Morgan fingerprint density at radius 1 is 0.946 bits per heavy atom. The quantitative estimate of drug-likeness (QED) is 0.0139. The van der Waals surface area contributed by atoms with Crippen molar-refractivity contribution >= 4 is 79.0 Å². The number of anilines is 3. The second kappa shape index (κ2) is 16.8. The van der Waals surface area contributed by atoms with Crippen molar-refractivity contribution in [2.75, 3.05) is 23.7 Å². The molecule has 4 aromatic carbocycles. The van der Waals surface area contributed by atoms with E-state index in [0.717, 1.165) is 18.9 Å². The van der Waals surface area contributed by atoms with Crippen LogP contribution in [-0.2, 0) is 42.7 Å². The first-order valence-corrected chi connectivity index (χ1v) is 19.8. The fraction of sp³-hybridized carbons (Fsp3) is 0.167. The Morgan fingerprint density at radius 3 is 2.39 bits per heavy atom. The van der Waals surface area contributed by atoms with Crippen molar-refractivity contribution in [2.24, 2.45) is 7.05 Å². The highest BCUT2D eigenvalue weighted by Gasteiger charge is 2.34. The number of rotatable bonds is 16. The number of aryl methyl sites for hydroxylation is 1. The maximum Gasteiger partial charge on any atom is 0.357 e. The number of carbonyl (C=O) groups excluding carboxylic acids is 3. The van der Waals surface area contributed by atoms with Gasteiger partial charge in [0, 0.05) is 29.1 Å². The molecule has 20 heteroatoms. The molecule has 0 saturated heterocycles. The largest absolute Gasteiger partial charge is 0.380 e. The van der Waals surface area contributed by atoms with Gasteiger partial charge in [0.05, 0.1) is 57.2 Å². The average molecular weight is 825 g/mol. The van der Waals surface area contributed by atoms with Gasteiger partial charge in [0.25, 0.3) is 15.7 Å². The standard InChI is InChI=1S/C36H32N4O13S3/c1-3-4-14-37-18-29(41)39-25-16-24(27(54-53-52-45)17-28(25)56(48,49)50)38-23-12-13-26-32-30(21-10-5-6-11-22(21)35(43)31(23)32)33(36(44)40(26)2)34(42)19-8-7-9-20(15-19)51-55(46)47/h5-13,15-17,37-38,45H,3-4,14,18H2,1-2H3,(H,39,41)(H,46,47)(H,48,49,50). The van der Waals surface area contributed by atoms with Crippen molar-refractivity contribution in [3.8, 4) is 16.9 Å². The third-order valence-electron chi connectivity index (χ3n) is 8.77. The van der Waals surface area contributed by atoms with Crippen LogP contribution in [0.25, 0.3) is 22.0 Å². The van der Waals surface area contributed by atoms with Crippen LogP contribution in [-0.4, -0.2) is 62.1 Å². The Bertz CT molecular complexity index is 2610. The molecule has 0 aliphatic heterocycles. The van der Waals surface area contributed by atoms with Gasteiger partial charge >= 0.3 is 11.4 Å². The normalized spacial score (nSPS) is 12.6. The van der Waals surface area contributed by atoms with E-state index in [4.69, 9.17) is 9.44 Å². The molecule has 1 aliphatic rings. The van der Waals surface area contributed by atoms with E-state index in [1.54, 1.807) is 18.2 Å². The first-order valence-electron chi connectivity index (χ1n) is 16.6. The predicted octanol–water partition coefficient (Wildman–Crippen LogP) is 5.24. The lowest BCUT2D eigenvalue weighted by Crippen LogP contribution is -2.29. The van der Waals surface area contributed by atoms with Gasteiger partial charge in [-0.2, -0.15) is 12.6 Å². The average Bonchev–Trinajstić information content (AvgIpc) is 3.16. The van der Waals surface area contributed by atoms with E-state index in [0.29, 0.717) is 18.6 Å². The molecule has 0 fully saturated rings. The van der Waals surface area contributed by atoms with Crippen molar-refractivity contribution in [3.05, 3.63) is 105 Å². The summed E-state index contributed by atoms with van der Waals surface area (Å²) in [5.74, 6) is -2.03. The smallest absolute Gasteiger partial charge is 0.357 e. The summed E-state index contributed by atoms with van der Waals surface area (Å²) >= 11 is -2.37. The predicted molar refractivity (Wildman–Crippen MR) is 206 cm³/mol. The van der Waals surface area contributed by atoms with Gasteiger partial charge in [-0.15, -0.1) is 4.33 Å². The molecule has 1 aliphatic carbocycles. The molecule has 0 bridgehead atoms. The Kier molecular flexibility index (Phi) is 12.1. The number of fused-ring (bicyclic) bond motifs is 2. The van der Waals surface area contributed by atoms with E-state index in [9.17, 15) is 40.9 Å². The number of hydrogen-bond donors (Lipinski definition) is 6. The highest BCUT2D eigenvalue weighted by atomic mass is 32.2. The molecule has 1 aromatic heterocycles. The van der Waals surface area contributed by atoms with E-state index in [1.807, 2.05) is 6.92 Å². The van der Waals surface area contributed by atoms with Crippen molar-refractivity contribution in [1.29, 1.82) is 0 Å². The van der Waals surface area contributed by atoms with Crippen LogP contribution in [0.5, 0.6) is 5.75 Å². The van der Waals surface area contributed by atoms with Gasteiger partial charge < -0.3 is 24.7 Å². The second-order valence-electron chi connectivity index (χ2n) is 12.3. The Labute approximate surface area is 325 Å². The van der Waals surface area contributed by atoms with Crippen LogP contribution in [0.3, 0.4) is 0 Å². The minimum absolute atomic E-state index is 0.00305. The van der Waals surface area contributed by atoms with Crippen molar-refractivity contribution in [3.63, 3.8) is 0 Å². The van der Waals surface area contributed by atoms with Gasteiger partial charge in [0.15, 0.2) is 11.6 Å². The van der Waals surface area contributed by atoms with Crippen LogP contribution >= 0.6 is 12.0 Å². The maximum atomic E-state index is 14.5. The molecule has 1 atom stereocenters. The minimum Gasteiger partial charge on any atom is -0.380 e. The first kappa shape index (κ1) is 40.4. The molecule has 5 aromatic rings. The number of nitrogens with one attached hydrogen (secondary N) is 3. The molecule has 0 saturated carbocycles. The van der Waals surface area contributed by atoms with Gasteiger partial charge in [-0.05, 0) is 54.9 Å². The van der Waals surface area contributed by atoms with E-state index in [1.165, 1.54) is 60.1 Å². The summed E-state index contributed by atoms with van der Waals surface area (Å²) in [5, 5.41) is 21.3. The highest BCUT2D eigenvalue weighted by molar-refractivity contribution is 7.94. The van der Waals surface area contributed by atoms with E-state index in [-0.39, 0.29) is 78.5 Å². The molecule has 0 radical (unpaired) electrons. The SMILES string of the molecule is CCCCNCC(=O)Nc1cc(Nc2ccc3c4c2C(=O)c2ccccc2-c4c(C(=O)c2cccc(OS(=O)O)c2)c(=O)n3C)c(SOOO)cc1S(=O)(=O)O. The zero-order valence-corrected chi connectivity index (χ0v) is 31.8. The second-order valence-corrected chi connectivity index (χ2v) is 15.0. The van der Waals surface area contributed by atoms with Crippen molar-refractivity contribution in [2.45, 2.75) is 29.6 Å². The molecule has 6 rings (SSSR count). The lowest BCUT2D eigenvalue weighted by molar-refractivity contribution is -0.432. The summed E-state index contributed by atoms with van der Waals surface area (Å²) in [4.78, 5) is 54.9. The highest BCUT2D eigenvalue weighted by Crippen LogP contribution is 2.45. The number of aromatic nitrogens is 1. The van der Waals surface area contributed by atoms with Gasteiger partial charge in [-0.3, -0.25) is 28.3 Å². The van der Waals surface area contributed by atoms with Crippen molar-refractivity contribution in [1.82, 2.24) is 9.88 Å². The van der Waals surface area contributed by atoms with Crippen LogP contribution in [0.1, 0.15) is 51.6 Å². The zero-order valence-electron chi connectivity index (χ0n) is 29.4. The lowest BCUT2D eigenvalue weighted by atomic mass is 9.80. The number of ketones is 2. The van der Waals surface area contributed by atoms with Crippen LogP contribution in [0.4, 0.5) is 17.1 Å². The summed E-state index contributed by atoms with van der Waals surface area (Å²) in [6.07, 6.45) is 1.66. The summed E-state index contributed by atoms with van der Waals surface area (Å²) in [6.45, 7) is 2.30. The van der Waals surface area contributed by atoms with Crippen LogP contribution in [0.15, 0.2) is 87.4 Å². The Morgan fingerprint density at radius 2 is 1.70 bits per heavy atom. The number of unbranched alkanes of at least 4 members (excludes halogenated alkanes) is 1. The zero-order chi connectivity index (χ0) is 40.3. The fourth-order valence-corrected chi connectivity index (χ4v) is 7.80. The van der Waals surface area contributed by atoms with Crippen molar-refractivity contribution < 1.29 is 54.9 Å². The first-order chi connectivity index (χ1) is 26.7. The molecule has 1 amide bonds. The molecule has 17 nitrogen and oxygen atoms in total. The van der Waals surface area contributed by atoms with Gasteiger partial charge in [-0.25, -0.2) is 5.26 Å². The molecule has 6 N–H and O–H groups in total. The summed E-state index contributed by atoms with van der Waals surface area (Å²) in [6, 6.07) is 16.9. The van der Waals surface area contributed by atoms with Gasteiger partial charge in [0.1, 0.15) is 10.6 Å². The topological polar surface area (TPSA) is 249 Å². The maximum absolute atomic E-state index is 14.5. The Balaban J connectivity index is 1.57. The van der Waals surface area contributed by atoms with Crippen LogP contribution in [0.2, 0.25) is 0 Å². The van der Waals surface area contributed by atoms with Gasteiger partial charge in [0.2, 0.25) is 5.91 Å². The number of hydrogen-bond acceptors (Lipinski definition) is 14. The Hall–Kier alpha value is -5.29. The number of nitrogens with zero attached hydrogens (tertiary/aromatic N) is 1. The van der Waals surface area contributed by atoms with Gasteiger partial charge in [-0.1, -0.05) is 54.8 Å². The molecule has 0 spiro atoms. The minimum atomic E-state index is -4.97. The lowest BCUT2D eigenvalue weighted by Gasteiger charge is -2.26. The number of benzene rings is 4. The molecule has 1 heterocycles. The molecule has 1 unspecified atom stereocenters. The molecule has 56 heavy (non-hydrogen) atoms. The third-order valence-corrected chi connectivity index (χ3v) is 10.6. The summed E-state index contributed by atoms with van der Waals surface area (Å²) < 4.78 is 66.3. The molecule has 292 valence electrons. The van der Waals surface area contributed by atoms with E-state index in [2.05, 4.69) is 25.3 Å². The number of pyridine rings is 1. The fourth-order valence-electron chi connectivity index (χ4n) is 6.34. The van der Waals surface area contributed by atoms with Crippen LogP contribution < -0.4 is 25.7 Å². The monoisotopic (exact) mass is 824 g/mol.